The molecule has 1 heterocycles. The molecule has 0 radical (unpaired) electrons. The Hall–Kier alpha value is -1.40. The molecule has 0 spiro atoms. The minimum atomic E-state index is -1.52. The molecule has 0 aliphatic rings. The Labute approximate surface area is 89.9 Å². The van der Waals surface area contributed by atoms with E-state index in [1.54, 1.807) is 6.92 Å². The first kappa shape index (κ1) is 11.7. The molecule has 1 aromatic heterocycles. The van der Waals surface area contributed by atoms with Crippen LogP contribution in [0.4, 0.5) is 0 Å². The molecule has 1 rings (SSSR count). The smallest absolute Gasteiger partial charge is 0.340 e. The highest BCUT2D eigenvalue weighted by Crippen LogP contribution is 2.25. The van der Waals surface area contributed by atoms with Gasteiger partial charge in [0.1, 0.15) is 0 Å². The van der Waals surface area contributed by atoms with Crippen LogP contribution in [0.1, 0.15) is 28.3 Å². The average molecular weight is 230 g/mol. The summed E-state index contributed by atoms with van der Waals surface area (Å²) < 4.78 is 4.59. The van der Waals surface area contributed by atoms with Gasteiger partial charge in [0.2, 0.25) is 0 Å². The zero-order valence-electron chi connectivity index (χ0n) is 7.97. The van der Waals surface area contributed by atoms with E-state index in [-0.39, 0.29) is 17.0 Å². The highest BCUT2D eigenvalue weighted by atomic mass is 32.1. The minimum absolute atomic E-state index is 0.0689. The van der Waals surface area contributed by atoms with E-state index in [2.05, 4.69) is 4.74 Å². The summed E-state index contributed by atoms with van der Waals surface area (Å²) in [4.78, 5) is 22.0. The van der Waals surface area contributed by atoms with Crippen LogP contribution in [0.25, 0.3) is 0 Å². The Morgan fingerprint density at radius 1 is 1.60 bits per heavy atom. The summed E-state index contributed by atoms with van der Waals surface area (Å²) in [5.41, 5.74) is -0.0689. The van der Waals surface area contributed by atoms with Crippen molar-refractivity contribution in [2.75, 3.05) is 6.61 Å². The molecular weight excluding hydrogens is 220 g/mol. The quantitative estimate of drug-likeness (QED) is 0.755. The second-order valence-electron chi connectivity index (χ2n) is 2.66. The molecule has 1 aromatic rings. The molecule has 0 fully saturated rings. The molecule has 5 nitrogen and oxygen atoms in total. The van der Waals surface area contributed by atoms with Gasteiger partial charge in [-0.25, -0.2) is 9.59 Å². The lowest BCUT2D eigenvalue weighted by molar-refractivity contribution is -0.153. The predicted octanol–water partition coefficient (Wildman–Crippen LogP) is 1.04. The lowest BCUT2D eigenvalue weighted by atomic mass is 10.2. The average Bonchev–Trinajstić information content (AvgIpc) is 2.65. The third kappa shape index (κ3) is 2.54. The van der Waals surface area contributed by atoms with Gasteiger partial charge >= 0.3 is 11.9 Å². The number of ether oxygens (including phenoxy) is 1. The SMILES string of the molecule is CCOC(=O)C(O)c1sccc1C(=O)O. The van der Waals surface area contributed by atoms with Crippen molar-refractivity contribution >= 4 is 23.3 Å². The molecule has 15 heavy (non-hydrogen) atoms. The number of hydrogen-bond donors (Lipinski definition) is 2. The maximum atomic E-state index is 11.2. The first-order valence-electron chi connectivity index (χ1n) is 4.23. The lowest BCUT2D eigenvalue weighted by Gasteiger charge is -2.08. The van der Waals surface area contributed by atoms with Crippen LogP contribution in [0.2, 0.25) is 0 Å². The van der Waals surface area contributed by atoms with Crippen LogP contribution in [-0.2, 0) is 9.53 Å². The van der Waals surface area contributed by atoms with Crippen molar-refractivity contribution in [3.8, 4) is 0 Å². The van der Waals surface area contributed by atoms with Gasteiger partial charge in [0.05, 0.1) is 17.0 Å². The van der Waals surface area contributed by atoms with E-state index in [1.807, 2.05) is 0 Å². The number of thiophene rings is 1. The number of carbonyl (C=O) groups excluding carboxylic acids is 1. The van der Waals surface area contributed by atoms with Gasteiger partial charge in [0.25, 0.3) is 0 Å². The van der Waals surface area contributed by atoms with Gasteiger partial charge in [-0.1, -0.05) is 0 Å². The Morgan fingerprint density at radius 3 is 2.80 bits per heavy atom. The number of rotatable bonds is 4. The van der Waals surface area contributed by atoms with Gasteiger partial charge in [-0.15, -0.1) is 11.3 Å². The minimum Gasteiger partial charge on any atom is -0.478 e. The number of carbonyl (C=O) groups is 2. The molecule has 0 aliphatic heterocycles. The normalized spacial score (nSPS) is 12.1. The van der Waals surface area contributed by atoms with Crippen molar-refractivity contribution in [1.82, 2.24) is 0 Å². The highest BCUT2D eigenvalue weighted by molar-refractivity contribution is 7.10. The Kier molecular flexibility index (Phi) is 3.81. The molecule has 1 unspecified atom stereocenters. The van der Waals surface area contributed by atoms with Crippen LogP contribution >= 0.6 is 11.3 Å². The van der Waals surface area contributed by atoms with Crippen molar-refractivity contribution in [3.05, 3.63) is 21.9 Å². The number of aliphatic hydroxyl groups is 1. The van der Waals surface area contributed by atoms with Crippen LogP contribution in [0.15, 0.2) is 11.4 Å². The summed E-state index contributed by atoms with van der Waals surface area (Å²) >= 11 is 1.01. The summed E-state index contributed by atoms with van der Waals surface area (Å²) in [5.74, 6) is -2.00. The van der Waals surface area contributed by atoms with E-state index in [0.717, 1.165) is 11.3 Å². The van der Waals surface area contributed by atoms with Crippen molar-refractivity contribution in [2.24, 2.45) is 0 Å². The highest BCUT2D eigenvalue weighted by Gasteiger charge is 2.25. The number of carboxylic acids is 1. The van der Waals surface area contributed by atoms with Crippen molar-refractivity contribution < 1.29 is 24.5 Å². The summed E-state index contributed by atoms with van der Waals surface area (Å²) in [5, 5.41) is 19.8. The molecule has 2 N–H and O–H groups in total. The first-order valence-corrected chi connectivity index (χ1v) is 5.11. The topological polar surface area (TPSA) is 83.8 Å². The molecule has 1 atom stereocenters. The fourth-order valence-electron chi connectivity index (χ4n) is 1.04. The fourth-order valence-corrected chi connectivity index (χ4v) is 1.90. The lowest BCUT2D eigenvalue weighted by Crippen LogP contribution is -2.16. The van der Waals surface area contributed by atoms with Gasteiger partial charge in [0, 0.05) is 0 Å². The Morgan fingerprint density at radius 2 is 2.27 bits per heavy atom. The third-order valence-corrected chi connectivity index (χ3v) is 2.65. The van der Waals surface area contributed by atoms with Crippen LogP contribution in [0, 0.1) is 0 Å². The Bertz CT molecular complexity index is 370. The Balaban J connectivity index is 2.90. The van der Waals surface area contributed by atoms with E-state index >= 15 is 0 Å². The maximum absolute atomic E-state index is 11.2. The van der Waals surface area contributed by atoms with Crippen LogP contribution in [-0.4, -0.2) is 28.8 Å². The molecule has 0 bridgehead atoms. The standard InChI is InChI=1S/C9H10O5S/c1-2-14-9(13)6(10)7-5(8(11)12)3-4-15-7/h3-4,6,10H,2H2,1H3,(H,11,12). The monoisotopic (exact) mass is 230 g/mol. The first-order chi connectivity index (χ1) is 7.07. The van der Waals surface area contributed by atoms with Gasteiger partial charge in [-0.2, -0.15) is 0 Å². The number of hydrogen-bond acceptors (Lipinski definition) is 5. The molecule has 0 saturated heterocycles. The molecule has 0 aliphatic carbocycles. The second-order valence-corrected chi connectivity index (χ2v) is 3.61. The number of aliphatic hydroxyl groups excluding tert-OH is 1. The summed E-state index contributed by atoms with van der Waals surface area (Å²) in [6.07, 6.45) is -1.52. The predicted molar refractivity (Wildman–Crippen MR) is 52.9 cm³/mol. The van der Waals surface area contributed by atoms with E-state index in [9.17, 15) is 14.7 Å². The summed E-state index contributed by atoms with van der Waals surface area (Å²) in [6, 6.07) is 1.34. The molecule has 0 amide bonds. The third-order valence-electron chi connectivity index (χ3n) is 1.68. The number of carboxylic acid groups (broad SMARTS) is 1. The van der Waals surface area contributed by atoms with Gasteiger partial charge in [0.15, 0.2) is 6.10 Å². The summed E-state index contributed by atoms with van der Waals surface area (Å²) in [7, 11) is 0. The maximum Gasteiger partial charge on any atom is 0.340 e. The largest absolute Gasteiger partial charge is 0.478 e. The zero-order chi connectivity index (χ0) is 11.4. The number of esters is 1. The second kappa shape index (κ2) is 4.90. The van der Waals surface area contributed by atoms with E-state index in [0.29, 0.717) is 0 Å². The molecule has 0 saturated carbocycles. The van der Waals surface area contributed by atoms with Crippen molar-refractivity contribution in [3.63, 3.8) is 0 Å². The summed E-state index contributed by atoms with van der Waals surface area (Å²) in [6.45, 7) is 1.75. The van der Waals surface area contributed by atoms with Crippen LogP contribution in [0.5, 0.6) is 0 Å². The molecular formula is C9H10O5S. The van der Waals surface area contributed by atoms with Gasteiger partial charge in [-0.05, 0) is 18.4 Å². The zero-order valence-corrected chi connectivity index (χ0v) is 8.78. The molecule has 82 valence electrons. The van der Waals surface area contributed by atoms with E-state index < -0.39 is 18.0 Å². The van der Waals surface area contributed by atoms with Crippen molar-refractivity contribution in [1.29, 1.82) is 0 Å². The van der Waals surface area contributed by atoms with Crippen LogP contribution in [0.3, 0.4) is 0 Å². The fraction of sp³-hybridized carbons (Fsp3) is 0.333. The molecule has 0 aromatic carbocycles. The van der Waals surface area contributed by atoms with E-state index in [1.165, 1.54) is 11.4 Å². The van der Waals surface area contributed by atoms with Gasteiger partial charge < -0.3 is 14.9 Å². The number of aromatic carboxylic acids is 1. The van der Waals surface area contributed by atoms with Crippen molar-refractivity contribution in [2.45, 2.75) is 13.0 Å². The van der Waals surface area contributed by atoms with Crippen LogP contribution < -0.4 is 0 Å². The van der Waals surface area contributed by atoms with E-state index in [4.69, 9.17) is 5.11 Å². The molecule has 6 heteroatoms. The van der Waals surface area contributed by atoms with Gasteiger partial charge in [-0.3, -0.25) is 0 Å².